The summed E-state index contributed by atoms with van der Waals surface area (Å²) < 4.78 is 0. The maximum absolute atomic E-state index is 12.1. The normalized spacial score (nSPS) is 9.88. The highest BCUT2D eigenvalue weighted by molar-refractivity contribution is 5.92. The van der Waals surface area contributed by atoms with Gasteiger partial charge in [0.15, 0.2) is 0 Å². The van der Waals surface area contributed by atoms with Gasteiger partial charge in [-0.25, -0.2) is 9.97 Å². The van der Waals surface area contributed by atoms with Gasteiger partial charge in [-0.3, -0.25) is 9.78 Å². The van der Waals surface area contributed by atoms with E-state index in [9.17, 15) is 4.79 Å². The van der Waals surface area contributed by atoms with E-state index >= 15 is 0 Å². The van der Waals surface area contributed by atoms with Crippen LogP contribution in [0, 0.1) is 11.3 Å². The number of pyridine rings is 1. The van der Waals surface area contributed by atoms with Crippen LogP contribution in [-0.4, -0.2) is 20.9 Å². The largest absolute Gasteiger partial charge is 0.347 e. The number of hydrogen-bond acceptors (Lipinski definition) is 6. The molecule has 2 aromatic heterocycles. The first kappa shape index (κ1) is 16.1. The number of carbonyl (C=O) groups excluding carboxylic acids is 1. The predicted octanol–water partition coefficient (Wildman–Crippen LogP) is 2.42. The monoisotopic (exact) mass is 330 g/mol. The lowest BCUT2D eigenvalue weighted by Crippen LogP contribution is -2.24. The quantitative estimate of drug-likeness (QED) is 0.744. The molecule has 0 fully saturated rings. The molecular formula is C18H14N6O. The van der Waals surface area contributed by atoms with E-state index in [4.69, 9.17) is 5.26 Å². The van der Waals surface area contributed by atoms with Crippen LogP contribution in [0.4, 0.5) is 11.5 Å². The van der Waals surface area contributed by atoms with Crippen LogP contribution in [0.3, 0.4) is 0 Å². The molecule has 0 bridgehead atoms. The van der Waals surface area contributed by atoms with Gasteiger partial charge in [0.1, 0.15) is 11.5 Å². The first-order valence-corrected chi connectivity index (χ1v) is 7.51. The number of nitrogens with zero attached hydrogens (tertiary/aromatic N) is 4. The van der Waals surface area contributed by atoms with Gasteiger partial charge in [0.05, 0.1) is 24.0 Å². The van der Waals surface area contributed by atoms with Crippen molar-refractivity contribution in [2.24, 2.45) is 0 Å². The molecule has 0 aliphatic carbocycles. The average Bonchev–Trinajstić information content (AvgIpc) is 2.68. The van der Waals surface area contributed by atoms with E-state index in [1.54, 1.807) is 36.7 Å². The molecule has 0 aliphatic heterocycles. The summed E-state index contributed by atoms with van der Waals surface area (Å²) in [5, 5.41) is 14.6. The second-order valence-corrected chi connectivity index (χ2v) is 5.14. The van der Waals surface area contributed by atoms with Gasteiger partial charge in [-0.15, -0.1) is 0 Å². The number of benzene rings is 1. The molecule has 0 aliphatic rings. The summed E-state index contributed by atoms with van der Waals surface area (Å²) in [4.78, 5) is 24.4. The molecule has 0 unspecified atom stereocenters. The topological polar surface area (TPSA) is 104 Å². The number of aromatic nitrogens is 3. The fourth-order valence-electron chi connectivity index (χ4n) is 2.06. The molecule has 3 rings (SSSR count). The predicted molar refractivity (Wildman–Crippen MR) is 91.9 cm³/mol. The molecule has 3 aromatic rings. The Morgan fingerprint density at radius 2 is 1.92 bits per heavy atom. The highest BCUT2D eigenvalue weighted by atomic mass is 16.1. The maximum atomic E-state index is 12.1. The van der Waals surface area contributed by atoms with Crippen molar-refractivity contribution in [2.75, 3.05) is 5.32 Å². The van der Waals surface area contributed by atoms with E-state index < -0.39 is 0 Å². The van der Waals surface area contributed by atoms with E-state index in [-0.39, 0.29) is 11.6 Å². The summed E-state index contributed by atoms with van der Waals surface area (Å²) in [6, 6.07) is 12.7. The van der Waals surface area contributed by atoms with Crippen LogP contribution in [-0.2, 0) is 6.54 Å². The van der Waals surface area contributed by atoms with Gasteiger partial charge in [-0.2, -0.15) is 5.26 Å². The standard InChI is InChI=1S/C18H14N6O/c19-8-13-3-5-15(6-4-13)24-17-12-21-16(11-22-17)18(25)23-10-14-2-1-7-20-9-14/h1-7,9,11-12H,10H2,(H,22,24)(H,23,25). The van der Waals surface area contributed by atoms with Crippen LogP contribution in [0.25, 0.3) is 0 Å². The zero-order valence-electron chi connectivity index (χ0n) is 13.2. The Kier molecular flexibility index (Phi) is 4.93. The van der Waals surface area contributed by atoms with E-state index in [1.807, 2.05) is 12.1 Å². The molecule has 122 valence electrons. The van der Waals surface area contributed by atoms with Gasteiger partial charge >= 0.3 is 0 Å². The Balaban J connectivity index is 1.59. The fraction of sp³-hybridized carbons (Fsp3) is 0.0556. The SMILES string of the molecule is N#Cc1ccc(Nc2cnc(C(=O)NCc3cccnc3)cn2)cc1. The molecule has 0 spiro atoms. The molecule has 0 saturated heterocycles. The van der Waals surface area contributed by atoms with Crippen LogP contribution in [0.5, 0.6) is 0 Å². The van der Waals surface area contributed by atoms with Crippen molar-refractivity contribution in [2.45, 2.75) is 6.54 Å². The summed E-state index contributed by atoms with van der Waals surface area (Å²) >= 11 is 0. The van der Waals surface area contributed by atoms with Gasteiger partial charge in [-0.1, -0.05) is 6.07 Å². The lowest BCUT2D eigenvalue weighted by atomic mass is 10.2. The molecule has 1 amide bonds. The van der Waals surface area contributed by atoms with Gasteiger partial charge < -0.3 is 10.6 Å². The molecule has 7 nitrogen and oxygen atoms in total. The van der Waals surface area contributed by atoms with Crippen molar-refractivity contribution in [1.82, 2.24) is 20.3 Å². The molecule has 2 N–H and O–H groups in total. The Bertz CT molecular complexity index is 886. The third-order valence-corrected chi connectivity index (χ3v) is 3.35. The van der Waals surface area contributed by atoms with E-state index in [2.05, 4.69) is 31.7 Å². The highest BCUT2D eigenvalue weighted by Crippen LogP contribution is 2.14. The molecule has 0 radical (unpaired) electrons. The zero-order valence-corrected chi connectivity index (χ0v) is 13.2. The number of rotatable bonds is 5. The smallest absolute Gasteiger partial charge is 0.271 e. The van der Waals surface area contributed by atoms with Crippen molar-refractivity contribution < 1.29 is 4.79 Å². The molecule has 2 heterocycles. The van der Waals surface area contributed by atoms with Crippen LogP contribution in [0.1, 0.15) is 21.6 Å². The van der Waals surface area contributed by atoms with Crippen LogP contribution < -0.4 is 10.6 Å². The first-order chi connectivity index (χ1) is 12.2. The number of nitriles is 1. The molecule has 25 heavy (non-hydrogen) atoms. The minimum absolute atomic E-state index is 0.231. The summed E-state index contributed by atoms with van der Waals surface area (Å²) in [7, 11) is 0. The second kappa shape index (κ2) is 7.66. The Morgan fingerprint density at radius 3 is 2.56 bits per heavy atom. The third kappa shape index (κ3) is 4.36. The number of amides is 1. The minimum atomic E-state index is -0.304. The van der Waals surface area contributed by atoms with Crippen molar-refractivity contribution in [3.05, 3.63) is 78.0 Å². The summed E-state index contributed by atoms with van der Waals surface area (Å²) in [6.07, 6.45) is 6.26. The number of nitrogens with one attached hydrogen (secondary N) is 2. The van der Waals surface area contributed by atoms with Crippen molar-refractivity contribution in [3.8, 4) is 6.07 Å². The van der Waals surface area contributed by atoms with Crippen molar-refractivity contribution in [3.63, 3.8) is 0 Å². The van der Waals surface area contributed by atoms with Gasteiger partial charge in [0, 0.05) is 24.6 Å². The van der Waals surface area contributed by atoms with Gasteiger partial charge in [-0.05, 0) is 35.9 Å². The lowest BCUT2D eigenvalue weighted by molar-refractivity contribution is 0.0945. The Hall–Kier alpha value is -3.79. The van der Waals surface area contributed by atoms with Crippen LogP contribution >= 0.6 is 0 Å². The average molecular weight is 330 g/mol. The maximum Gasteiger partial charge on any atom is 0.271 e. The fourth-order valence-corrected chi connectivity index (χ4v) is 2.06. The lowest BCUT2D eigenvalue weighted by Gasteiger charge is -2.07. The minimum Gasteiger partial charge on any atom is -0.347 e. The van der Waals surface area contributed by atoms with Gasteiger partial charge in [0.25, 0.3) is 5.91 Å². The zero-order chi connectivity index (χ0) is 17.5. The molecule has 1 aromatic carbocycles. The number of carbonyl (C=O) groups is 1. The van der Waals surface area contributed by atoms with Crippen molar-refractivity contribution >= 4 is 17.4 Å². The van der Waals surface area contributed by atoms with Crippen LogP contribution in [0.15, 0.2) is 61.2 Å². The van der Waals surface area contributed by atoms with E-state index in [0.29, 0.717) is 17.9 Å². The third-order valence-electron chi connectivity index (χ3n) is 3.35. The summed E-state index contributed by atoms with van der Waals surface area (Å²) in [5.74, 6) is 0.204. The first-order valence-electron chi connectivity index (χ1n) is 7.51. The molecule has 0 atom stereocenters. The molecule has 7 heteroatoms. The highest BCUT2D eigenvalue weighted by Gasteiger charge is 2.08. The number of hydrogen-bond donors (Lipinski definition) is 2. The Morgan fingerprint density at radius 1 is 1.08 bits per heavy atom. The van der Waals surface area contributed by atoms with Crippen molar-refractivity contribution in [1.29, 1.82) is 5.26 Å². The van der Waals surface area contributed by atoms with E-state index in [0.717, 1.165) is 11.3 Å². The Labute approximate surface area is 144 Å². The van der Waals surface area contributed by atoms with Gasteiger partial charge in [0.2, 0.25) is 0 Å². The molecule has 0 saturated carbocycles. The summed E-state index contributed by atoms with van der Waals surface area (Å²) in [5.41, 5.74) is 2.50. The number of anilines is 2. The molecular weight excluding hydrogens is 316 g/mol. The summed E-state index contributed by atoms with van der Waals surface area (Å²) in [6.45, 7) is 0.375. The van der Waals surface area contributed by atoms with Crippen LogP contribution in [0.2, 0.25) is 0 Å². The second-order valence-electron chi connectivity index (χ2n) is 5.14. The van der Waals surface area contributed by atoms with E-state index in [1.165, 1.54) is 12.4 Å².